The highest BCUT2D eigenvalue weighted by molar-refractivity contribution is 5.72. The van der Waals surface area contributed by atoms with Gasteiger partial charge in [0.25, 0.3) is 0 Å². The zero-order chi connectivity index (χ0) is 12.1. The van der Waals surface area contributed by atoms with Crippen molar-refractivity contribution in [1.82, 2.24) is 15.3 Å². The number of hydrogen-bond acceptors (Lipinski definition) is 4. The molecule has 1 amide bonds. The van der Waals surface area contributed by atoms with Gasteiger partial charge in [-0.05, 0) is 25.3 Å². The Hall–Kier alpha value is -1.65. The van der Waals surface area contributed by atoms with Crippen LogP contribution in [0, 0.1) is 0 Å². The van der Waals surface area contributed by atoms with Crippen LogP contribution in [0.25, 0.3) is 0 Å². The van der Waals surface area contributed by atoms with Gasteiger partial charge in [-0.2, -0.15) is 0 Å². The highest BCUT2D eigenvalue weighted by atomic mass is 16.1. The fourth-order valence-corrected chi connectivity index (χ4v) is 2.25. The van der Waals surface area contributed by atoms with Gasteiger partial charge >= 0.3 is 0 Å². The average molecular weight is 234 g/mol. The van der Waals surface area contributed by atoms with Crippen LogP contribution in [0.2, 0.25) is 0 Å². The first-order valence-corrected chi connectivity index (χ1v) is 6.05. The van der Waals surface area contributed by atoms with Gasteiger partial charge in [-0.1, -0.05) is 0 Å². The molecule has 0 aliphatic carbocycles. The molecule has 5 heteroatoms. The molecule has 0 saturated carbocycles. The Kier molecular flexibility index (Phi) is 3.90. The lowest BCUT2D eigenvalue weighted by molar-refractivity contribution is -0.118. The molecule has 2 rings (SSSR count). The summed E-state index contributed by atoms with van der Waals surface area (Å²) in [4.78, 5) is 21.6. The van der Waals surface area contributed by atoms with Crippen LogP contribution in [-0.4, -0.2) is 35.0 Å². The molecule has 0 bridgehead atoms. The molecule has 1 saturated heterocycles. The summed E-state index contributed by atoms with van der Waals surface area (Å²) in [5.74, 6) is 0.836. The lowest BCUT2D eigenvalue weighted by Crippen LogP contribution is -2.34. The van der Waals surface area contributed by atoms with Crippen molar-refractivity contribution in [3.63, 3.8) is 0 Å². The van der Waals surface area contributed by atoms with Crippen LogP contribution in [0.5, 0.6) is 0 Å². The third-order valence-electron chi connectivity index (χ3n) is 3.04. The van der Waals surface area contributed by atoms with Crippen LogP contribution >= 0.6 is 0 Å². The Morgan fingerprint density at radius 2 is 2.29 bits per heavy atom. The minimum atomic E-state index is 0.0329. The van der Waals surface area contributed by atoms with Crippen molar-refractivity contribution < 1.29 is 4.79 Å². The van der Waals surface area contributed by atoms with E-state index in [1.807, 2.05) is 6.07 Å². The quantitative estimate of drug-likeness (QED) is 0.843. The van der Waals surface area contributed by atoms with E-state index in [4.69, 9.17) is 0 Å². The third-order valence-corrected chi connectivity index (χ3v) is 3.04. The first-order valence-electron chi connectivity index (χ1n) is 6.05. The van der Waals surface area contributed by atoms with E-state index < -0.39 is 0 Å². The number of amides is 1. The topological polar surface area (TPSA) is 58.1 Å². The second-order valence-corrected chi connectivity index (χ2v) is 4.31. The molecule has 1 aliphatic heterocycles. The lowest BCUT2D eigenvalue weighted by Gasteiger charge is -2.24. The molecule has 1 atom stereocenters. The van der Waals surface area contributed by atoms with E-state index >= 15 is 0 Å². The second kappa shape index (κ2) is 5.61. The van der Waals surface area contributed by atoms with Gasteiger partial charge in [-0.25, -0.2) is 9.97 Å². The van der Waals surface area contributed by atoms with Crippen molar-refractivity contribution >= 4 is 11.9 Å². The Balaban J connectivity index is 1.91. The Labute approximate surface area is 101 Å². The van der Waals surface area contributed by atoms with Gasteiger partial charge in [0.05, 0.1) is 0 Å². The second-order valence-electron chi connectivity index (χ2n) is 4.31. The Morgan fingerprint density at radius 3 is 3.00 bits per heavy atom. The third kappa shape index (κ3) is 3.15. The zero-order valence-corrected chi connectivity index (χ0v) is 10.1. The molecular formula is C12H18N4O. The maximum atomic E-state index is 10.8. The molecule has 1 aromatic rings. The number of aromatic nitrogens is 2. The maximum absolute atomic E-state index is 10.8. The minimum Gasteiger partial charge on any atom is -0.356 e. The summed E-state index contributed by atoms with van der Waals surface area (Å²) in [7, 11) is 0. The first kappa shape index (κ1) is 11.8. The number of anilines is 1. The minimum absolute atomic E-state index is 0.0329. The van der Waals surface area contributed by atoms with Gasteiger partial charge in [0.15, 0.2) is 0 Å². The van der Waals surface area contributed by atoms with Crippen molar-refractivity contribution in [1.29, 1.82) is 0 Å². The summed E-state index contributed by atoms with van der Waals surface area (Å²) in [5, 5.41) is 2.84. The van der Waals surface area contributed by atoms with Gasteiger partial charge < -0.3 is 10.2 Å². The van der Waals surface area contributed by atoms with E-state index in [9.17, 15) is 4.79 Å². The van der Waals surface area contributed by atoms with Crippen molar-refractivity contribution in [2.24, 2.45) is 0 Å². The van der Waals surface area contributed by atoms with E-state index in [-0.39, 0.29) is 5.91 Å². The molecule has 0 unspecified atom stereocenters. The normalized spacial score (nSPS) is 19.4. The number of carbonyl (C=O) groups excluding carboxylic acids is 1. The fraction of sp³-hybridized carbons (Fsp3) is 0.583. The van der Waals surface area contributed by atoms with Crippen molar-refractivity contribution in [2.45, 2.75) is 32.2 Å². The smallest absolute Gasteiger partial charge is 0.225 e. The standard InChI is InChI=1S/C12H18N4O/c1-10(17)13-8-5-11-4-2-9-16(11)12-14-6-3-7-15-12/h3,6-7,11H,2,4-5,8-9H2,1H3,(H,13,17)/t11-/m0/s1. The van der Waals surface area contributed by atoms with Crippen LogP contribution in [0.4, 0.5) is 5.95 Å². The van der Waals surface area contributed by atoms with E-state index in [2.05, 4.69) is 20.2 Å². The van der Waals surface area contributed by atoms with Crippen LogP contribution in [-0.2, 0) is 4.79 Å². The van der Waals surface area contributed by atoms with Crippen LogP contribution < -0.4 is 10.2 Å². The maximum Gasteiger partial charge on any atom is 0.225 e. The highest BCUT2D eigenvalue weighted by Gasteiger charge is 2.25. The van der Waals surface area contributed by atoms with Crippen molar-refractivity contribution in [2.75, 3.05) is 18.0 Å². The largest absolute Gasteiger partial charge is 0.356 e. The van der Waals surface area contributed by atoms with Crippen LogP contribution in [0.1, 0.15) is 26.2 Å². The number of hydrogen-bond donors (Lipinski definition) is 1. The summed E-state index contributed by atoms with van der Waals surface area (Å²) in [6.07, 6.45) is 6.82. The molecule has 1 fully saturated rings. The fourth-order valence-electron chi connectivity index (χ4n) is 2.25. The summed E-state index contributed by atoms with van der Waals surface area (Å²) < 4.78 is 0. The zero-order valence-electron chi connectivity index (χ0n) is 10.1. The van der Waals surface area contributed by atoms with E-state index in [1.165, 1.54) is 6.42 Å². The molecule has 17 heavy (non-hydrogen) atoms. The first-order chi connectivity index (χ1) is 8.27. The van der Waals surface area contributed by atoms with E-state index in [0.717, 1.165) is 31.9 Å². The van der Waals surface area contributed by atoms with Crippen molar-refractivity contribution in [3.05, 3.63) is 18.5 Å². The molecule has 0 spiro atoms. The molecule has 1 N–H and O–H groups in total. The summed E-state index contributed by atoms with van der Waals surface area (Å²) >= 11 is 0. The van der Waals surface area contributed by atoms with Gasteiger partial charge in [0.2, 0.25) is 11.9 Å². The SMILES string of the molecule is CC(=O)NCC[C@@H]1CCCN1c1ncccn1. The lowest BCUT2D eigenvalue weighted by atomic mass is 10.1. The Bertz CT molecular complexity index is 368. The number of nitrogens with zero attached hydrogens (tertiary/aromatic N) is 3. The summed E-state index contributed by atoms with van der Waals surface area (Å²) in [5.41, 5.74) is 0. The molecule has 1 aromatic heterocycles. The van der Waals surface area contributed by atoms with Gasteiger partial charge in [0.1, 0.15) is 0 Å². The number of carbonyl (C=O) groups is 1. The predicted octanol–water partition coefficient (Wildman–Crippen LogP) is 0.972. The molecule has 92 valence electrons. The van der Waals surface area contributed by atoms with Gasteiger partial charge in [-0.3, -0.25) is 4.79 Å². The number of rotatable bonds is 4. The number of nitrogens with one attached hydrogen (secondary N) is 1. The molecule has 5 nitrogen and oxygen atoms in total. The van der Waals surface area contributed by atoms with Crippen LogP contribution in [0.3, 0.4) is 0 Å². The van der Waals surface area contributed by atoms with E-state index in [0.29, 0.717) is 6.04 Å². The molecule has 1 aliphatic rings. The predicted molar refractivity (Wildman–Crippen MR) is 65.7 cm³/mol. The monoisotopic (exact) mass is 234 g/mol. The van der Waals surface area contributed by atoms with E-state index in [1.54, 1.807) is 19.3 Å². The highest BCUT2D eigenvalue weighted by Crippen LogP contribution is 2.23. The Morgan fingerprint density at radius 1 is 1.53 bits per heavy atom. The molecule has 2 heterocycles. The van der Waals surface area contributed by atoms with Gasteiger partial charge in [-0.15, -0.1) is 0 Å². The van der Waals surface area contributed by atoms with Gasteiger partial charge in [0, 0.05) is 38.4 Å². The van der Waals surface area contributed by atoms with Crippen molar-refractivity contribution in [3.8, 4) is 0 Å². The molecule has 0 aromatic carbocycles. The molecular weight excluding hydrogens is 216 g/mol. The average Bonchev–Trinajstić information content (AvgIpc) is 2.78. The summed E-state index contributed by atoms with van der Waals surface area (Å²) in [6, 6.07) is 2.27. The van der Waals surface area contributed by atoms with Crippen LogP contribution in [0.15, 0.2) is 18.5 Å². The summed E-state index contributed by atoms with van der Waals surface area (Å²) in [6.45, 7) is 3.28. The molecule has 0 radical (unpaired) electrons.